The molecule has 1 aliphatic carbocycles. The van der Waals surface area contributed by atoms with Crippen LogP contribution in [0.15, 0.2) is 65.6 Å². The number of likely N-dealkylation sites (N-methyl/N-ethyl adjacent to an activating group) is 1. The van der Waals surface area contributed by atoms with E-state index in [1.54, 1.807) is 55.6 Å². The van der Waals surface area contributed by atoms with Crippen LogP contribution in [0.1, 0.15) is 23.1 Å². The molecule has 0 aliphatic heterocycles. The van der Waals surface area contributed by atoms with Crippen molar-refractivity contribution in [3.8, 4) is 22.9 Å². The second kappa shape index (κ2) is 9.26. The Morgan fingerprint density at radius 2 is 1.76 bits per heavy atom. The smallest absolute Gasteiger partial charge is 0.262 e. The first-order valence-corrected chi connectivity index (χ1v) is 12.3. The molecule has 7 heteroatoms. The summed E-state index contributed by atoms with van der Waals surface area (Å²) in [4.78, 5) is 2.40. The Morgan fingerprint density at radius 1 is 1.03 bits per heavy atom. The number of anilines is 1. The molecule has 170 valence electrons. The SMILES string of the molecule is COc1ccc(NS(=O)(=O)c2ccccc2-c2ccc(C#N)cc2)c2c1CC(N(C)C)CC2. The topological polar surface area (TPSA) is 82.4 Å². The second-order valence-electron chi connectivity index (χ2n) is 8.42. The highest BCUT2D eigenvalue weighted by Crippen LogP contribution is 2.37. The highest BCUT2D eigenvalue weighted by molar-refractivity contribution is 7.92. The van der Waals surface area contributed by atoms with Crippen LogP contribution < -0.4 is 9.46 Å². The van der Waals surface area contributed by atoms with E-state index in [4.69, 9.17) is 10.00 Å². The molecule has 1 atom stereocenters. The fraction of sp³-hybridized carbons (Fsp3) is 0.269. The van der Waals surface area contributed by atoms with E-state index in [0.717, 1.165) is 41.7 Å². The summed E-state index contributed by atoms with van der Waals surface area (Å²) in [5.41, 5.74) is 4.50. The zero-order valence-electron chi connectivity index (χ0n) is 19.0. The van der Waals surface area contributed by atoms with E-state index in [0.29, 0.717) is 22.9 Å². The molecule has 3 aromatic rings. The molecule has 0 bridgehead atoms. The van der Waals surface area contributed by atoms with Crippen molar-refractivity contribution in [2.75, 3.05) is 25.9 Å². The quantitative estimate of drug-likeness (QED) is 0.586. The first-order valence-electron chi connectivity index (χ1n) is 10.8. The number of hydrogen-bond donors (Lipinski definition) is 1. The van der Waals surface area contributed by atoms with Gasteiger partial charge in [0.15, 0.2) is 0 Å². The van der Waals surface area contributed by atoms with E-state index in [2.05, 4.69) is 29.8 Å². The Bertz CT molecular complexity index is 1310. The van der Waals surface area contributed by atoms with E-state index in [1.165, 1.54) is 0 Å². The number of fused-ring (bicyclic) bond motifs is 1. The molecule has 0 aromatic heterocycles. The molecular formula is C26H27N3O3S. The van der Waals surface area contributed by atoms with Gasteiger partial charge in [-0.1, -0.05) is 30.3 Å². The largest absolute Gasteiger partial charge is 0.496 e. The van der Waals surface area contributed by atoms with Gasteiger partial charge < -0.3 is 9.64 Å². The van der Waals surface area contributed by atoms with Gasteiger partial charge in [0.05, 0.1) is 29.3 Å². The molecule has 1 unspecified atom stereocenters. The average Bonchev–Trinajstić information content (AvgIpc) is 2.83. The minimum atomic E-state index is -3.86. The molecule has 0 heterocycles. The van der Waals surface area contributed by atoms with Crippen molar-refractivity contribution in [2.24, 2.45) is 0 Å². The molecule has 3 aromatic carbocycles. The number of nitrogens with zero attached hydrogens (tertiary/aromatic N) is 2. The summed E-state index contributed by atoms with van der Waals surface area (Å²) in [7, 11) is 1.92. The number of nitrogens with one attached hydrogen (secondary N) is 1. The fourth-order valence-corrected chi connectivity index (χ4v) is 5.74. The van der Waals surface area contributed by atoms with E-state index in [9.17, 15) is 8.42 Å². The Balaban J connectivity index is 1.73. The predicted octanol–water partition coefficient (Wildman–Crippen LogP) is 4.45. The van der Waals surface area contributed by atoms with Crippen LogP contribution >= 0.6 is 0 Å². The van der Waals surface area contributed by atoms with Crippen LogP contribution in [0.4, 0.5) is 5.69 Å². The lowest BCUT2D eigenvalue weighted by molar-refractivity contribution is 0.265. The second-order valence-corrected chi connectivity index (χ2v) is 10.1. The first kappa shape index (κ1) is 22.8. The monoisotopic (exact) mass is 461 g/mol. The van der Waals surface area contributed by atoms with Crippen LogP contribution in [0.25, 0.3) is 11.1 Å². The van der Waals surface area contributed by atoms with Gasteiger partial charge in [-0.2, -0.15) is 5.26 Å². The lowest BCUT2D eigenvalue weighted by Crippen LogP contribution is -2.34. The van der Waals surface area contributed by atoms with Gasteiger partial charge >= 0.3 is 0 Å². The van der Waals surface area contributed by atoms with E-state index in [1.807, 2.05) is 12.1 Å². The summed E-state index contributed by atoms with van der Waals surface area (Å²) in [6.07, 6.45) is 2.52. The van der Waals surface area contributed by atoms with Crippen molar-refractivity contribution in [3.63, 3.8) is 0 Å². The van der Waals surface area contributed by atoms with Gasteiger partial charge in [0.1, 0.15) is 5.75 Å². The molecule has 0 spiro atoms. The molecule has 1 aliphatic rings. The summed E-state index contributed by atoms with van der Waals surface area (Å²) < 4.78 is 35.5. The number of rotatable bonds is 6. The van der Waals surface area contributed by atoms with Gasteiger partial charge in [-0.3, -0.25) is 4.72 Å². The molecule has 0 fully saturated rings. The first-order chi connectivity index (χ1) is 15.8. The Labute approximate surface area is 195 Å². The van der Waals surface area contributed by atoms with Crippen LogP contribution in [0.5, 0.6) is 5.75 Å². The molecule has 1 N–H and O–H groups in total. The van der Waals surface area contributed by atoms with Crippen molar-refractivity contribution in [2.45, 2.75) is 30.2 Å². The highest BCUT2D eigenvalue weighted by Gasteiger charge is 2.27. The molecule has 33 heavy (non-hydrogen) atoms. The number of ether oxygens (including phenoxy) is 1. The summed E-state index contributed by atoms with van der Waals surface area (Å²) in [5, 5.41) is 9.06. The maximum absolute atomic E-state index is 13.5. The van der Waals surface area contributed by atoms with Crippen LogP contribution in [-0.4, -0.2) is 40.6 Å². The number of benzene rings is 3. The zero-order valence-corrected chi connectivity index (χ0v) is 19.8. The third-order valence-corrected chi connectivity index (χ3v) is 7.68. The highest BCUT2D eigenvalue weighted by atomic mass is 32.2. The number of methoxy groups -OCH3 is 1. The number of nitriles is 1. The minimum absolute atomic E-state index is 0.196. The zero-order chi connectivity index (χ0) is 23.6. The normalized spacial score (nSPS) is 15.5. The fourth-order valence-electron chi connectivity index (χ4n) is 4.42. The van der Waals surface area contributed by atoms with Crippen molar-refractivity contribution < 1.29 is 13.2 Å². The molecule has 0 radical (unpaired) electrons. The summed E-state index contributed by atoms with van der Waals surface area (Å²) in [6.45, 7) is 0. The molecule has 0 saturated carbocycles. The van der Waals surface area contributed by atoms with E-state index in [-0.39, 0.29) is 4.90 Å². The standard InChI is InChI=1S/C26H27N3O3S/c1-29(2)20-12-13-22-23(16-20)25(32-3)15-14-24(22)28-33(30,31)26-7-5-4-6-21(26)19-10-8-18(17-27)9-11-19/h4-11,14-15,20,28H,12-13,16H2,1-3H3. The predicted molar refractivity (Wildman–Crippen MR) is 130 cm³/mol. The van der Waals surface area contributed by atoms with Gasteiger partial charge in [0.2, 0.25) is 0 Å². The molecule has 0 saturated heterocycles. The Hall–Kier alpha value is -3.34. The molecule has 4 rings (SSSR count). The van der Waals surface area contributed by atoms with Crippen LogP contribution in [-0.2, 0) is 22.9 Å². The van der Waals surface area contributed by atoms with Crippen molar-refractivity contribution in [1.29, 1.82) is 5.26 Å². The van der Waals surface area contributed by atoms with Crippen LogP contribution in [0.2, 0.25) is 0 Å². The summed E-state index contributed by atoms with van der Waals surface area (Å²) in [5.74, 6) is 0.789. The van der Waals surface area contributed by atoms with Crippen molar-refractivity contribution in [3.05, 3.63) is 77.4 Å². The van der Waals surface area contributed by atoms with Crippen molar-refractivity contribution >= 4 is 15.7 Å². The summed E-state index contributed by atoms with van der Waals surface area (Å²) >= 11 is 0. The van der Waals surface area contributed by atoms with Crippen LogP contribution in [0.3, 0.4) is 0 Å². The minimum Gasteiger partial charge on any atom is -0.496 e. The molecule has 6 nitrogen and oxygen atoms in total. The Morgan fingerprint density at radius 3 is 2.42 bits per heavy atom. The Kier molecular flexibility index (Phi) is 6.41. The van der Waals surface area contributed by atoms with Crippen molar-refractivity contribution in [1.82, 2.24) is 4.90 Å². The molecular weight excluding hydrogens is 434 g/mol. The third-order valence-electron chi connectivity index (χ3n) is 6.25. The van der Waals surface area contributed by atoms with E-state index < -0.39 is 10.0 Å². The van der Waals surface area contributed by atoms with Gasteiger partial charge in [-0.05, 0) is 74.8 Å². The van der Waals surface area contributed by atoms with Gasteiger partial charge in [-0.15, -0.1) is 0 Å². The number of sulfonamides is 1. The lowest BCUT2D eigenvalue weighted by atomic mass is 9.86. The molecule has 0 amide bonds. The lowest BCUT2D eigenvalue weighted by Gasteiger charge is -2.32. The van der Waals surface area contributed by atoms with Crippen LogP contribution in [0, 0.1) is 11.3 Å². The van der Waals surface area contributed by atoms with E-state index >= 15 is 0 Å². The van der Waals surface area contributed by atoms with Gasteiger partial charge in [0, 0.05) is 17.2 Å². The third kappa shape index (κ3) is 4.58. The van der Waals surface area contributed by atoms with Gasteiger partial charge in [-0.25, -0.2) is 8.42 Å². The maximum atomic E-state index is 13.5. The average molecular weight is 462 g/mol. The summed E-state index contributed by atoms with van der Waals surface area (Å²) in [6, 6.07) is 19.9. The van der Waals surface area contributed by atoms with Gasteiger partial charge in [0.25, 0.3) is 10.0 Å². The number of hydrogen-bond acceptors (Lipinski definition) is 5. The maximum Gasteiger partial charge on any atom is 0.262 e.